The van der Waals surface area contributed by atoms with Crippen molar-refractivity contribution in [1.82, 2.24) is 0 Å². The number of nitrogens with zero attached hydrogens (tertiary/aromatic N) is 3. The third-order valence-electron chi connectivity index (χ3n) is 2.73. The van der Waals surface area contributed by atoms with Crippen LogP contribution in [0.3, 0.4) is 0 Å². The number of hydrogen-bond acceptors (Lipinski definition) is 7. The van der Waals surface area contributed by atoms with Crippen molar-refractivity contribution in [3.63, 3.8) is 0 Å². The van der Waals surface area contributed by atoms with Crippen LogP contribution in [0.25, 0.3) is 0 Å². The van der Waals surface area contributed by atoms with E-state index in [-0.39, 0.29) is 22.9 Å². The van der Waals surface area contributed by atoms with Gasteiger partial charge in [-0.15, -0.1) is 0 Å². The number of carbonyl (C=O) groups is 1. The molecule has 0 unspecified atom stereocenters. The van der Waals surface area contributed by atoms with Crippen LogP contribution >= 0.6 is 0 Å². The number of hydrogen-bond donors (Lipinski definition) is 2. The zero-order valence-corrected chi connectivity index (χ0v) is 13.0. The topological polar surface area (TPSA) is 122 Å². The number of rotatable bonds is 5. The summed E-state index contributed by atoms with van der Waals surface area (Å²) in [6, 6.07) is 9.90. The van der Waals surface area contributed by atoms with Gasteiger partial charge in [-0.1, -0.05) is 0 Å². The highest BCUT2D eigenvalue weighted by molar-refractivity contribution is 5.92. The van der Waals surface area contributed by atoms with E-state index in [4.69, 9.17) is 15.8 Å². The first-order valence-electron chi connectivity index (χ1n) is 6.67. The van der Waals surface area contributed by atoms with Crippen molar-refractivity contribution in [2.75, 3.05) is 17.7 Å². The Labute approximate surface area is 134 Å². The molecule has 1 aromatic rings. The monoisotopic (exact) mass is 309 g/mol. The maximum Gasteiger partial charge on any atom is 0.337 e. The lowest BCUT2D eigenvalue weighted by Gasteiger charge is -2.16. The lowest BCUT2D eigenvalue weighted by atomic mass is 10.1. The smallest absolute Gasteiger partial charge is 0.337 e. The van der Waals surface area contributed by atoms with Gasteiger partial charge in [0.2, 0.25) is 0 Å². The van der Waals surface area contributed by atoms with E-state index in [9.17, 15) is 4.79 Å². The molecule has 0 fully saturated rings. The van der Waals surface area contributed by atoms with Gasteiger partial charge in [0, 0.05) is 6.04 Å². The second kappa shape index (κ2) is 8.07. The first-order valence-corrected chi connectivity index (χ1v) is 6.67. The van der Waals surface area contributed by atoms with E-state index in [2.05, 4.69) is 15.4 Å². The van der Waals surface area contributed by atoms with E-state index in [1.807, 2.05) is 13.8 Å². The average molecular weight is 309 g/mol. The summed E-state index contributed by atoms with van der Waals surface area (Å²) in [5.74, 6) is -0.535. The van der Waals surface area contributed by atoms with Crippen LogP contribution in [0.2, 0.25) is 0 Å². The van der Waals surface area contributed by atoms with Gasteiger partial charge in [-0.05, 0) is 32.0 Å². The molecule has 0 radical (unpaired) electrons. The molecule has 1 rings (SSSR count). The molecule has 1 aromatic carbocycles. The van der Waals surface area contributed by atoms with Crippen LogP contribution in [0.1, 0.15) is 24.2 Å². The molecule has 0 saturated heterocycles. The molecule has 0 bridgehead atoms. The number of nitriles is 3. The zero-order valence-electron chi connectivity index (χ0n) is 13.0. The van der Waals surface area contributed by atoms with Crippen LogP contribution in [-0.4, -0.2) is 19.1 Å². The summed E-state index contributed by atoms with van der Waals surface area (Å²) in [7, 11) is 1.26. The molecular formula is C16H15N5O2. The third kappa shape index (κ3) is 4.49. The molecule has 7 nitrogen and oxygen atoms in total. The summed E-state index contributed by atoms with van der Waals surface area (Å²) < 4.78 is 4.66. The molecule has 0 aliphatic carbocycles. The Balaban J connectivity index is 3.38. The maximum absolute atomic E-state index is 11.6. The number of benzene rings is 1. The Morgan fingerprint density at radius 3 is 2.26 bits per heavy atom. The van der Waals surface area contributed by atoms with E-state index in [0.717, 1.165) is 0 Å². The maximum atomic E-state index is 11.6. The third-order valence-corrected chi connectivity index (χ3v) is 2.73. The van der Waals surface area contributed by atoms with Crippen LogP contribution < -0.4 is 10.6 Å². The molecular weight excluding hydrogens is 294 g/mol. The van der Waals surface area contributed by atoms with Crippen LogP contribution in [0.4, 0.5) is 11.4 Å². The zero-order chi connectivity index (χ0) is 17.4. The Kier molecular flexibility index (Phi) is 6.16. The fourth-order valence-corrected chi connectivity index (χ4v) is 1.75. The summed E-state index contributed by atoms with van der Waals surface area (Å²) in [5, 5.41) is 32.8. The molecule has 116 valence electrons. The van der Waals surface area contributed by atoms with Gasteiger partial charge in [0.1, 0.15) is 23.9 Å². The summed E-state index contributed by atoms with van der Waals surface area (Å²) in [4.78, 5) is 11.6. The highest BCUT2D eigenvalue weighted by atomic mass is 16.5. The molecule has 2 N–H and O–H groups in total. The molecule has 0 saturated carbocycles. The van der Waals surface area contributed by atoms with E-state index >= 15 is 0 Å². The largest absolute Gasteiger partial charge is 0.465 e. The first kappa shape index (κ1) is 17.6. The van der Waals surface area contributed by atoms with E-state index in [0.29, 0.717) is 11.4 Å². The van der Waals surface area contributed by atoms with E-state index in [1.54, 1.807) is 30.3 Å². The van der Waals surface area contributed by atoms with Crippen molar-refractivity contribution in [2.45, 2.75) is 19.9 Å². The summed E-state index contributed by atoms with van der Waals surface area (Å²) in [6.07, 6.45) is 0. The second-order valence-electron chi connectivity index (χ2n) is 4.76. The summed E-state index contributed by atoms with van der Waals surface area (Å²) >= 11 is 0. The van der Waals surface area contributed by atoms with Crippen molar-refractivity contribution in [3.8, 4) is 18.2 Å². The van der Waals surface area contributed by atoms with Gasteiger partial charge in [-0.2, -0.15) is 15.8 Å². The molecule has 0 aliphatic heterocycles. The molecule has 23 heavy (non-hydrogen) atoms. The van der Waals surface area contributed by atoms with E-state index < -0.39 is 5.97 Å². The van der Waals surface area contributed by atoms with Crippen molar-refractivity contribution in [1.29, 1.82) is 15.8 Å². The van der Waals surface area contributed by atoms with Gasteiger partial charge in [0.05, 0.1) is 24.0 Å². The van der Waals surface area contributed by atoms with Crippen molar-refractivity contribution >= 4 is 17.3 Å². The molecule has 0 atom stereocenters. The quantitative estimate of drug-likeness (QED) is 0.633. The highest BCUT2D eigenvalue weighted by Gasteiger charge is 2.13. The van der Waals surface area contributed by atoms with Crippen LogP contribution in [0.15, 0.2) is 29.5 Å². The second-order valence-corrected chi connectivity index (χ2v) is 4.76. The molecule has 0 aromatic heterocycles. The normalized spacial score (nSPS) is 9.09. The standard InChI is InChI=1S/C16H15N5O2/c1-10(2)20-13-5-4-11(16(22)23-3)6-14(13)21-15(9-19)12(7-17)8-18/h4-6,10,20-21H,1-3H3. The number of allylic oxidation sites excluding steroid dienone is 2. The predicted octanol–water partition coefficient (Wildman–Crippen LogP) is 2.53. The fourth-order valence-electron chi connectivity index (χ4n) is 1.75. The minimum absolute atomic E-state index is 0.0976. The van der Waals surface area contributed by atoms with Gasteiger partial charge in [-0.25, -0.2) is 4.79 Å². The van der Waals surface area contributed by atoms with Crippen molar-refractivity contribution < 1.29 is 9.53 Å². The number of esters is 1. The minimum atomic E-state index is -0.535. The van der Waals surface area contributed by atoms with Gasteiger partial charge < -0.3 is 15.4 Å². The van der Waals surface area contributed by atoms with Crippen LogP contribution in [0, 0.1) is 34.0 Å². The SMILES string of the molecule is COC(=O)c1ccc(NC(C)C)c(NC(C#N)=C(C#N)C#N)c1. The lowest BCUT2D eigenvalue weighted by molar-refractivity contribution is 0.0601. The fraction of sp³-hybridized carbons (Fsp3) is 0.250. The number of nitrogens with one attached hydrogen (secondary N) is 2. The first-order chi connectivity index (χ1) is 11.0. The molecule has 0 amide bonds. The average Bonchev–Trinajstić information content (AvgIpc) is 2.54. The molecule has 0 heterocycles. The minimum Gasteiger partial charge on any atom is -0.465 e. The number of anilines is 2. The predicted molar refractivity (Wildman–Crippen MR) is 84.0 cm³/mol. The molecule has 0 aliphatic rings. The van der Waals surface area contributed by atoms with Gasteiger partial charge in [0.15, 0.2) is 5.57 Å². The molecule has 7 heteroatoms. The Morgan fingerprint density at radius 2 is 1.78 bits per heavy atom. The number of methoxy groups -OCH3 is 1. The van der Waals surface area contributed by atoms with Crippen LogP contribution in [-0.2, 0) is 4.74 Å². The Bertz CT molecular complexity index is 744. The van der Waals surface area contributed by atoms with E-state index in [1.165, 1.54) is 13.2 Å². The van der Waals surface area contributed by atoms with Crippen LogP contribution in [0.5, 0.6) is 0 Å². The number of ether oxygens (including phenoxy) is 1. The number of carbonyl (C=O) groups excluding carboxylic acids is 1. The Hall–Kier alpha value is -3.50. The lowest BCUT2D eigenvalue weighted by Crippen LogP contribution is -2.13. The van der Waals surface area contributed by atoms with Gasteiger partial charge in [0.25, 0.3) is 0 Å². The van der Waals surface area contributed by atoms with Crippen molar-refractivity contribution in [2.24, 2.45) is 0 Å². The molecule has 0 spiro atoms. The highest BCUT2D eigenvalue weighted by Crippen LogP contribution is 2.26. The van der Waals surface area contributed by atoms with Crippen molar-refractivity contribution in [3.05, 3.63) is 35.0 Å². The summed E-state index contributed by atoms with van der Waals surface area (Å²) in [6.45, 7) is 3.85. The van der Waals surface area contributed by atoms with Gasteiger partial charge >= 0.3 is 5.97 Å². The summed E-state index contributed by atoms with van der Waals surface area (Å²) in [5.41, 5.74) is 0.754. The van der Waals surface area contributed by atoms with Gasteiger partial charge in [-0.3, -0.25) is 0 Å². The Morgan fingerprint density at radius 1 is 1.13 bits per heavy atom.